The van der Waals surface area contributed by atoms with Gasteiger partial charge in [0.15, 0.2) is 0 Å². The first-order valence-electron chi connectivity index (χ1n) is 6.45. The molecule has 0 aromatic carbocycles. The van der Waals surface area contributed by atoms with Gasteiger partial charge in [0.2, 0.25) is 5.53 Å². The van der Waals surface area contributed by atoms with Crippen LogP contribution in [0.25, 0.3) is 0 Å². The molecule has 0 heterocycles. The van der Waals surface area contributed by atoms with Crippen molar-refractivity contribution < 1.29 is 18.6 Å². The fourth-order valence-electron chi connectivity index (χ4n) is 1.99. The lowest BCUT2D eigenvalue weighted by Crippen LogP contribution is -2.42. The molecule has 0 bridgehead atoms. The lowest BCUT2D eigenvalue weighted by molar-refractivity contribution is -0.204. The van der Waals surface area contributed by atoms with E-state index in [-0.39, 0.29) is 5.92 Å². The van der Waals surface area contributed by atoms with E-state index in [2.05, 4.69) is 0 Å². The Labute approximate surface area is 105 Å². The molecule has 0 saturated heterocycles. The topological polar surface area (TPSA) is 44.8 Å². The van der Waals surface area contributed by atoms with Gasteiger partial charge in [0.1, 0.15) is 0 Å². The van der Waals surface area contributed by atoms with Crippen molar-refractivity contribution in [3.8, 4) is 0 Å². The van der Waals surface area contributed by atoms with Crippen molar-refractivity contribution in [3.63, 3.8) is 0 Å². The third kappa shape index (κ3) is 3.54. The fourth-order valence-corrected chi connectivity index (χ4v) is 4.65. The molecule has 0 aromatic rings. The summed E-state index contributed by atoms with van der Waals surface area (Å²) < 4.78 is 29.9. The van der Waals surface area contributed by atoms with Crippen LogP contribution in [0.5, 0.6) is 0 Å². The summed E-state index contributed by atoms with van der Waals surface area (Å²) in [7, 11) is -2.97. The molecule has 5 heteroatoms. The zero-order chi connectivity index (χ0) is 13.5. The molecule has 0 aromatic heterocycles. The lowest BCUT2D eigenvalue weighted by Gasteiger charge is -2.41. The molecule has 4 nitrogen and oxygen atoms in total. The summed E-state index contributed by atoms with van der Waals surface area (Å²) in [5.74, 6) is -0.0280. The number of hydrogen-bond donors (Lipinski definition) is 0. The molecule has 0 aliphatic carbocycles. The van der Waals surface area contributed by atoms with Crippen LogP contribution in [0.1, 0.15) is 41.5 Å². The van der Waals surface area contributed by atoms with Gasteiger partial charge in [0.05, 0.1) is 6.61 Å². The van der Waals surface area contributed by atoms with Gasteiger partial charge in [-0.15, -0.1) is 0 Å². The van der Waals surface area contributed by atoms with Gasteiger partial charge in [0.25, 0.3) is 7.37 Å². The van der Waals surface area contributed by atoms with Crippen molar-refractivity contribution in [2.24, 2.45) is 5.92 Å². The zero-order valence-electron chi connectivity index (χ0n) is 12.0. The fraction of sp³-hybridized carbons (Fsp3) is 1.00. The Morgan fingerprint density at radius 2 is 1.47 bits per heavy atom. The summed E-state index contributed by atoms with van der Waals surface area (Å²) in [6, 6.07) is 0. The summed E-state index contributed by atoms with van der Waals surface area (Å²) in [5.41, 5.74) is -1.11. The maximum Gasteiger partial charge on any atom is 0.260 e. The molecular weight excluding hydrogens is 239 g/mol. The van der Waals surface area contributed by atoms with Gasteiger partial charge in [-0.05, 0) is 20.8 Å². The minimum absolute atomic E-state index is 0.0280. The first-order valence-corrected chi connectivity index (χ1v) is 8.26. The normalized spacial score (nSPS) is 16.2. The van der Waals surface area contributed by atoms with Crippen molar-refractivity contribution in [2.75, 3.05) is 26.0 Å². The molecule has 17 heavy (non-hydrogen) atoms. The summed E-state index contributed by atoms with van der Waals surface area (Å²) in [6.45, 7) is 12.7. The van der Waals surface area contributed by atoms with E-state index in [1.54, 1.807) is 0 Å². The maximum atomic E-state index is 13.0. The highest BCUT2D eigenvalue weighted by molar-refractivity contribution is 7.60. The molecule has 0 amide bonds. The molecule has 1 unspecified atom stereocenters. The predicted molar refractivity (Wildman–Crippen MR) is 70.6 cm³/mol. The highest BCUT2D eigenvalue weighted by Crippen LogP contribution is 2.62. The standard InChI is InChI=1S/C12H27O4P/c1-7-14-12(11(5)6,15-8-2)17(13,10-4)16-9-3/h11H,7-10H2,1-6H3. The second-order valence-corrected chi connectivity index (χ2v) is 6.92. The molecule has 0 rings (SSSR count). The Kier molecular flexibility index (Phi) is 7.57. The highest BCUT2D eigenvalue weighted by Gasteiger charge is 2.52. The van der Waals surface area contributed by atoms with Crippen molar-refractivity contribution in [1.82, 2.24) is 0 Å². The van der Waals surface area contributed by atoms with Gasteiger partial charge < -0.3 is 14.0 Å². The van der Waals surface area contributed by atoms with Gasteiger partial charge in [-0.3, -0.25) is 4.57 Å². The summed E-state index contributed by atoms with van der Waals surface area (Å²) >= 11 is 0. The molecule has 0 saturated carbocycles. The van der Waals surface area contributed by atoms with E-state index in [1.165, 1.54) is 0 Å². The van der Waals surface area contributed by atoms with Crippen LogP contribution < -0.4 is 0 Å². The van der Waals surface area contributed by atoms with Gasteiger partial charge in [-0.1, -0.05) is 20.8 Å². The monoisotopic (exact) mass is 266 g/mol. The van der Waals surface area contributed by atoms with Crippen LogP contribution in [-0.4, -0.2) is 31.5 Å². The van der Waals surface area contributed by atoms with Crippen LogP contribution in [0.3, 0.4) is 0 Å². The Balaban J connectivity index is 5.43. The molecule has 0 aliphatic heterocycles. The molecule has 104 valence electrons. The van der Waals surface area contributed by atoms with Gasteiger partial charge in [-0.2, -0.15) is 0 Å². The first kappa shape index (κ1) is 17.1. The van der Waals surface area contributed by atoms with Crippen LogP contribution in [0.4, 0.5) is 0 Å². The van der Waals surface area contributed by atoms with E-state index in [4.69, 9.17) is 14.0 Å². The highest BCUT2D eigenvalue weighted by atomic mass is 31.2. The average Bonchev–Trinajstić information content (AvgIpc) is 2.28. The first-order chi connectivity index (χ1) is 7.94. The molecule has 0 N–H and O–H groups in total. The molecule has 1 atom stereocenters. The Hall–Kier alpha value is 0.110. The molecule has 0 aliphatic rings. The van der Waals surface area contributed by atoms with Crippen LogP contribution in [0, 0.1) is 5.92 Å². The molecule has 0 radical (unpaired) electrons. The third-order valence-electron chi connectivity index (χ3n) is 2.66. The largest absolute Gasteiger partial charge is 0.342 e. The van der Waals surface area contributed by atoms with E-state index < -0.39 is 12.9 Å². The predicted octanol–water partition coefficient (Wildman–Crippen LogP) is 3.70. The van der Waals surface area contributed by atoms with Crippen molar-refractivity contribution in [2.45, 2.75) is 47.1 Å². The Morgan fingerprint density at radius 1 is 1.00 bits per heavy atom. The Bertz CT molecular complexity index is 247. The lowest BCUT2D eigenvalue weighted by atomic mass is 10.2. The van der Waals surface area contributed by atoms with E-state index in [0.717, 1.165) is 0 Å². The quantitative estimate of drug-likeness (QED) is 0.471. The number of ether oxygens (including phenoxy) is 2. The minimum atomic E-state index is -2.97. The van der Waals surface area contributed by atoms with Crippen LogP contribution in [-0.2, 0) is 18.6 Å². The second kappa shape index (κ2) is 7.52. The Morgan fingerprint density at radius 3 is 1.71 bits per heavy atom. The van der Waals surface area contributed by atoms with Crippen molar-refractivity contribution >= 4 is 7.37 Å². The van der Waals surface area contributed by atoms with E-state index >= 15 is 0 Å². The van der Waals surface area contributed by atoms with Crippen molar-refractivity contribution in [1.29, 1.82) is 0 Å². The van der Waals surface area contributed by atoms with Gasteiger partial charge >= 0.3 is 0 Å². The molecular formula is C12H27O4P. The molecule has 0 fully saturated rings. The number of rotatable bonds is 9. The second-order valence-electron chi connectivity index (χ2n) is 4.06. The van der Waals surface area contributed by atoms with Crippen LogP contribution >= 0.6 is 7.37 Å². The van der Waals surface area contributed by atoms with Gasteiger partial charge in [-0.25, -0.2) is 0 Å². The van der Waals surface area contributed by atoms with E-state index in [0.29, 0.717) is 26.0 Å². The zero-order valence-corrected chi connectivity index (χ0v) is 12.9. The summed E-state index contributed by atoms with van der Waals surface area (Å²) in [5, 5.41) is 0. The maximum absolute atomic E-state index is 13.0. The molecule has 0 spiro atoms. The average molecular weight is 266 g/mol. The smallest absolute Gasteiger partial charge is 0.260 e. The van der Waals surface area contributed by atoms with Crippen LogP contribution in [0.2, 0.25) is 0 Å². The minimum Gasteiger partial charge on any atom is -0.342 e. The summed E-state index contributed by atoms with van der Waals surface area (Å²) in [4.78, 5) is 0. The van der Waals surface area contributed by atoms with E-state index in [9.17, 15) is 4.57 Å². The summed E-state index contributed by atoms with van der Waals surface area (Å²) in [6.07, 6.45) is 0.416. The van der Waals surface area contributed by atoms with Crippen LogP contribution in [0.15, 0.2) is 0 Å². The van der Waals surface area contributed by atoms with E-state index in [1.807, 2.05) is 41.5 Å². The van der Waals surface area contributed by atoms with Crippen molar-refractivity contribution in [3.05, 3.63) is 0 Å². The van der Waals surface area contributed by atoms with Gasteiger partial charge in [0, 0.05) is 25.3 Å². The SMILES string of the molecule is CCOC(OCC)(C(C)C)P(=O)(CC)OCC. The third-order valence-corrected chi connectivity index (χ3v) is 5.89. The number of hydrogen-bond acceptors (Lipinski definition) is 4.